The van der Waals surface area contributed by atoms with Gasteiger partial charge >= 0.3 is 5.97 Å². The Hall–Kier alpha value is -2.67. The van der Waals surface area contributed by atoms with Crippen molar-refractivity contribution in [2.45, 2.75) is 38.6 Å². The van der Waals surface area contributed by atoms with Gasteiger partial charge in [0.25, 0.3) is 5.91 Å². The minimum absolute atomic E-state index is 0.108. The Kier molecular flexibility index (Phi) is 5.68. The van der Waals surface area contributed by atoms with Gasteiger partial charge in [-0.05, 0) is 30.4 Å². The number of hydrogen-bond acceptors (Lipinski definition) is 4. The number of thiophene rings is 1. The molecule has 7 heteroatoms. The molecular formula is C19H20N2O4S. The number of rotatable bonds is 7. The number of aliphatic carboxylic acids is 1. The minimum atomic E-state index is -1.02. The van der Waals surface area contributed by atoms with Crippen molar-refractivity contribution in [1.29, 1.82) is 0 Å². The molecule has 3 N–H and O–H groups in total. The SMILES string of the molecule is O=C(O)CCC(=O)Nc1sc2c(c1C(=O)NCc1ccccc1)CCC2. The largest absolute Gasteiger partial charge is 0.481 e. The maximum atomic E-state index is 12.8. The monoisotopic (exact) mass is 372 g/mol. The predicted molar refractivity (Wildman–Crippen MR) is 99.5 cm³/mol. The maximum Gasteiger partial charge on any atom is 0.303 e. The van der Waals surface area contributed by atoms with Gasteiger partial charge in [0.1, 0.15) is 5.00 Å². The molecule has 1 aromatic heterocycles. The summed E-state index contributed by atoms with van der Waals surface area (Å²) in [5, 5.41) is 14.9. The van der Waals surface area contributed by atoms with Crippen molar-refractivity contribution in [3.63, 3.8) is 0 Å². The number of nitrogens with one attached hydrogen (secondary N) is 2. The highest BCUT2D eigenvalue weighted by atomic mass is 32.1. The second kappa shape index (κ2) is 8.14. The molecule has 6 nitrogen and oxygen atoms in total. The summed E-state index contributed by atoms with van der Waals surface area (Å²) in [6.45, 7) is 0.413. The van der Waals surface area contributed by atoms with Crippen molar-refractivity contribution in [3.05, 3.63) is 51.9 Å². The lowest BCUT2D eigenvalue weighted by atomic mass is 10.1. The lowest BCUT2D eigenvalue weighted by molar-refractivity contribution is -0.138. The fourth-order valence-corrected chi connectivity index (χ4v) is 4.31. The Morgan fingerprint density at radius 1 is 1.08 bits per heavy atom. The van der Waals surface area contributed by atoms with Crippen LogP contribution in [-0.2, 0) is 29.0 Å². The maximum absolute atomic E-state index is 12.8. The van der Waals surface area contributed by atoms with Gasteiger partial charge in [-0.2, -0.15) is 0 Å². The van der Waals surface area contributed by atoms with Gasteiger partial charge in [-0.15, -0.1) is 11.3 Å². The summed E-state index contributed by atoms with van der Waals surface area (Å²) in [6.07, 6.45) is 2.40. The third kappa shape index (κ3) is 4.29. The molecule has 0 atom stereocenters. The number of carbonyl (C=O) groups excluding carboxylic acids is 2. The number of hydrogen-bond donors (Lipinski definition) is 3. The van der Waals surface area contributed by atoms with Crippen LogP contribution in [0.25, 0.3) is 0 Å². The average molecular weight is 372 g/mol. The average Bonchev–Trinajstić information content (AvgIpc) is 3.19. The molecule has 0 radical (unpaired) electrons. The molecule has 0 aliphatic heterocycles. The molecule has 1 aromatic carbocycles. The fraction of sp³-hybridized carbons (Fsp3) is 0.316. The Labute approximate surface area is 155 Å². The summed E-state index contributed by atoms with van der Waals surface area (Å²) >= 11 is 1.42. The number of benzene rings is 1. The fourth-order valence-electron chi connectivity index (χ4n) is 3.01. The van der Waals surface area contributed by atoms with Gasteiger partial charge in [0.05, 0.1) is 12.0 Å². The van der Waals surface area contributed by atoms with Crippen LogP contribution < -0.4 is 10.6 Å². The summed E-state index contributed by atoms with van der Waals surface area (Å²) in [7, 11) is 0. The van der Waals surface area contributed by atoms with Gasteiger partial charge in [0.2, 0.25) is 5.91 Å². The molecule has 1 aliphatic rings. The zero-order valence-corrected chi connectivity index (χ0v) is 15.0. The second-order valence-electron chi connectivity index (χ2n) is 6.17. The molecule has 1 aliphatic carbocycles. The van der Waals surface area contributed by atoms with Gasteiger partial charge in [-0.25, -0.2) is 0 Å². The number of carbonyl (C=O) groups is 3. The highest BCUT2D eigenvalue weighted by Gasteiger charge is 2.27. The van der Waals surface area contributed by atoms with Crippen LogP contribution in [-0.4, -0.2) is 22.9 Å². The summed E-state index contributed by atoms with van der Waals surface area (Å²) < 4.78 is 0. The zero-order valence-electron chi connectivity index (χ0n) is 14.2. The van der Waals surface area contributed by atoms with E-state index in [2.05, 4.69) is 10.6 Å². The number of fused-ring (bicyclic) bond motifs is 1. The van der Waals surface area contributed by atoms with Crippen molar-refractivity contribution in [3.8, 4) is 0 Å². The number of carboxylic acid groups (broad SMARTS) is 1. The van der Waals surface area contributed by atoms with Crippen LogP contribution in [0.15, 0.2) is 30.3 Å². The summed E-state index contributed by atoms with van der Waals surface area (Å²) in [4.78, 5) is 36.5. The molecule has 0 unspecified atom stereocenters. The Morgan fingerprint density at radius 2 is 1.85 bits per heavy atom. The first-order valence-corrected chi connectivity index (χ1v) is 9.34. The highest BCUT2D eigenvalue weighted by molar-refractivity contribution is 7.17. The lowest BCUT2D eigenvalue weighted by Crippen LogP contribution is -2.25. The van der Waals surface area contributed by atoms with E-state index in [1.165, 1.54) is 11.3 Å². The highest BCUT2D eigenvalue weighted by Crippen LogP contribution is 2.39. The van der Waals surface area contributed by atoms with Crippen molar-refractivity contribution < 1.29 is 19.5 Å². The topological polar surface area (TPSA) is 95.5 Å². The number of aryl methyl sites for hydroxylation is 1. The molecular weight excluding hydrogens is 352 g/mol. The van der Waals surface area contributed by atoms with Gasteiger partial charge < -0.3 is 15.7 Å². The second-order valence-corrected chi connectivity index (χ2v) is 7.28. The summed E-state index contributed by atoms with van der Waals surface area (Å²) in [6, 6.07) is 9.62. The van der Waals surface area contributed by atoms with Crippen molar-refractivity contribution in [1.82, 2.24) is 5.32 Å². The molecule has 136 valence electrons. The number of amides is 2. The van der Waals surface area contributed by atoms with Gasteiger partial charge in [0.15, 0.2) is 0 Å². The molecule has 2 aromatic rings. The third-order valence-corrected chi connectivity index (χ3v) is 5.47. The number of anilines is 1. The van der Waals surface area contributed by atoms with Crippen LogP contribution in [0.2, 0.25) is 0 Å². The van der Waals surface area contributed by atoms with Gasteiger partial charge in [-0.3, -0.25) is 14.4 Å². The van der Waals surface area contributed by atoms with E-state index in [0.29, 0.717) is 17.1 Å². The number of carboxylic acids is 1. The van der Waals surface area contributed by atoms with E-state index < -0.39 is 5.97 Å². The van der Waals surface area contributed by atoms with E-state index in [0.717, 1.165) is 35.3 Å². The van der Waals surface area contributed by atoms with Crippen LogP contribution in [0.1, 0.15) is 45.6 Å². The molecule has 0 spiro atoms. The van der Waals surface area contributed by atoms with E-state index in [1.54, 1.807) is 0 Å². The molecule has 0 fully saturated rings. The third-order valence-electron chi connectivity index (χ3n) is 4.26. The molecule has 0 bridgehead atoms. The Balaban J connectivity index is 1.73. The van der Waals surface area contributed by atoms with Crippen molar-refractivity contribution >= 4 is 34.1 Å². The van der Waals surface area contributed by atoms with E-state index in [1.807, 2.05) is 30.3 Å². The summed E-state index contributed by atoms with van der Waals surface area (Å²) in [5.41, 5.74) is 2.54. The Morgan fingerprint density at radius 3 is 2.58 bits per heavy atom. The predicted octanol–water partition coefficient (Wildman–Crippen LogP) is 2.97. The Bertz CT molecular complexity index is 830. The molecule has 1 heterocycles. The summed E-state index contributed by atoms with van der Waals surface area (Å²) in [5.74, 6) is -1.61. The quantitative estimate of drug-likeness (QED) is 0.696. The van der Waals surface area contributed by atoms with E-state index >= 15 is 0 Å². The molecule has 0 saturated carbocycles. The normalized spacial score (nSPS) is 12.5. The lowest BCUT2D eigenvalue weighted by Gasteiger charge is -2.09. The van der Waals surface area contributed by atoms with Gasteiger partial charge in [0, 0.05) is 17.8 Å². The van der Waals surface area contributed by atoms with Crippen molar-refractivity contribution in [2.24, 2.45) is 0 Å². The van der Waals surface area contributed by atoms with E-state index in [9.17, 15) is 14.4 Å². The first-order valence-electron chi connectivity index (χ1n) is 8.53. The molecule has 2 amide bonds. The smallest absolute Gasteiger partial charge is 0.303 e. The van der Waals surface area contributed by atoms with Crippen LogP contribution in [0.5, 0.6) is 0 Å². The van der Waals surface area contributed by atoms with Crippen LogP contribution >= 0.6 is 11.3 Å². The first-order chi connectivity index (χ1) is 12.5. The molecule has 0 saturated heterocycles. The molecule has 26 heavy (non-hydrogen) atoms. The van der Waals surface area contributed by atoms with Crippen LogP contribution in [0, 0.1) is 0 Å². The first kappa shape index (κ1) is 18.1. The van der Waals surface area contributed by atoms with E-state index in [-0.39, 0.29) is 24.7 Å². The van der Waals surface area contributed by atoms with Gasteiger partial charge in [-0.1, -0.05) is 30.3 Å². The van der Waals surface area contributed by atoms with Crippen molar-refractivity contribution in [2.75, 3.05) is 5.32 Å². The molecule has 3 rings (SSSR count). The standard InChI is InChI=1S/C19H20N2O4S/c22-15(9-10-16(23)24)21-19-17(13-7-4-8-14(13)26-19)18(25)20-11-12-5-2-1-3-6-12/h1-3,5-6H,4,7-11H2,(H,20,25)(H,21,22)(H,23,24). The van der Waals surface area contributed by atoms with Crippen LogP contribution in [0.3, 0.4) is 0 Å². The minimum Gasteiger partial charge on any atom is -0.481 e. The van der Waals surface area contributed by atoms with E-state index in [4.69, 9.17) is 5.11 Å². The van der Waals surface area contributed by atoms with Crippen LogP contribution in [0.4, 0.5) is 5.00 Å². The zero-order chi connectivity index (χ0) is 18.5.